The Morgan fingerprint density at radius 1 is 1.33 bits per heavy atom. The topological polar surface area (TPSA) is 80.5 Å². The van der Waals surface area contributed by atoms with E-state index in [4.69, 9.17) is 5.14 Å². The van der Waals surface area contributed by atoms with Crippen molar-refractivity contribution in [1.29, 1.82) is 0 Å². The van der Waals surface area contributed by atoms with Crippen LogP contribution in [-0.4, -0.2) is 26.1 Å². The summed E-state index contributed by atoms with van der Waals surface area (Å²) < 4.78 is 60.8. The highest BCUT2D eigenvalue weighted by Gasteiger charge is 2.39. The summed E-state index contributed by atoms with van der Waals surface area (Å²) in [5.41, 5.74) is -0.950. The lowest BCUT2D eigenvalue weighted by Crippen LogP contribution is -2.32. The van der Waals surface area contributed by atoms with Crippen LogP contribution < -0.4 is 10.0 Å². The monoisotopic (exact) mass is 386 g/mol. The number of hydrogen-bond donors (Lipinski definition) is 1. The van der Waals surface area contributed by atoms with E-state index in [1.54, 1.807) is 0 Å². The van der Waals surface area contributed by atoms with E-state index in [0.717, 1.165) is 17.0 Å². The van der Waals surface area contributed by atoms with Crippen molar-refractivity contribution in [2.75, 3.05) is 11.4 Å². The molecule has 1 fully saturated rings. The molecule has 1 saturated heterocycles. The lowest BCUT2D eigenvalue weighted by molar-refractivity contribution is -0.138. The van der Waals surface area contributed by atoms with Gasteiger partial charge >= 0.3 is 6.18 Å². The molecule has 0 radical (unpaired) electrons. The largest absolute Gasteiger partial charge is 0.417 e. The molecule has 21 heavy (non-hydrogen) atoms. The van der Waals surface area contributed by atoms with Crippen LogP contribution >= 0.6 is 15.9 Å². The summed E-state index contributed by atoms with van der Waals surface area (Å²) in [6.07, 6.45) is -4.92. The lowest BCUT2D eigenvalue weighted by Gasteiger charge is -2.19. The molecule has 1 aromatic rings. The van der Waals surface area contributed by atoms with Gasteiger partial charge in [-0.1, -0.05) is 15.9 Å². The van der Waals surface area contributed by atoms with Crippen LogP contribution in [0.2, 0.25) is 0 Å². The third kappa shape index (κ3) is 3.38. The number of anilines is 1. The minimum atomic E-state index is -4.59. The molecular formula is C11H10BrF3N2O3S. The Kier molecular flexibility index (Phi) is 4.06. The zero-order valence-corrected chi connectivity index (χ0v) is 12.8. The van der Waals surface area contributed by atoms with Crippen molar-refractivity contribution in [2.24, 2.45) is 5.14 Å². The van der Waals surface area contributed by atoms with Crippen LogP contribution in [0, 0.1) is 0 Å². The number of carbonyl (C=O) groups excluding carboxylic acids is 1. The van der Waals surface area contributed by atoms with Gasteiger partial charge in [-0.15, -0.1) is 0 Å². The van der Waals surface area contributed by atoms with E-state index in [0.29, 0.717) is 0 Å². The summed E-state index contributed by atoms with van der Waals surface area (Å²) >= 11 is 2.79. The number of nitrogens with two attached hydrogens (primary N) is 1. The highest BCUT2D eigenvalue weighted by atomic mass is 79.9. The Morgan fingerprint density at radius 3 is 2.43 bits per heavy atom. The van der Waals surface area contributed by atoms with Crippen LogP contribution in [0.1, 0.15) is 12.0 Å². The van der Waals surface area contributed by atoms with Crippen LogP contribution in [0.5, 0.6) is 0 Å². The highest BCUT2D eigenvalue weighted by Crippen LogP contribution is 2.38. The highest BCUT2D eigenvalue weighted by molar-refractivity contribution is 9.10. The van der Waals surface area contributed by atoms with Crippen LogP contribution in [0.4, 0.5) is 18.9 Å². The first-order valence-electron chi connectivity index (χ1n) is 5.69. The molecule has 0 bridgehead atoms. The maximum Gasteiger partial charge on any atom is 0.417 e. The molecule has 1 unspecified atom stereocenters. The lowest BCUT2D eigenvalue weighted by atomic mass is 10.2. The molecule has 5 nitrogen and oxygen atoms in total. The fourth-order valence-corrected chi connectivity index (χ4v) is 3.25. The number of primary sulfonamides is 1. The summed E-state index contributed by atoms with van der Waals surface area (Å²) in [5, 5.41) is 3.86. The minimum Gasteiger partial charge on any atom is -0.311 e. The summed E-state index contributed by atoms with van der Waals surface area (Å²) in [7, 11) is -3.92. The smallest absolute Gasteiger partial charge is 0.311 e. The molecule has 1 aliphatic heterocycles. The molecule has 1 amide bonds. The van der Waals surface area contributed by atoms with Crippen LogP contribution in [0.25, 0.3) is 0 Å². The standard InChI is InChI=1S/C11H10BrF3N2O3S/c12-9-2-1-6(3-8(9)11(13,14)15)17-5-7(4-10(17)18)21(16,19)20/h1-3,7H,4-5H2,(H2,16,19,20). The van der Waals surface area contributed by atoms with Crippen molar-refractivity contribution in [3.8, 4) is 0 Å². The maximum absolute atomic E-state index is 12.8. The number of rotatable bonds is 2. The van der Waals surface area contributed by atoms with Gasteiger partial charge < -0.3 is 4.90 Å². The Bertz CT molecular complexity index is 690. The maximum atomic E-state index is 12.8. The number of sulfonamides is 1. The van der Waals surface area contributed by atoms with Crippen molar-refractivity contribution in [2.45, 2.75) is 17.8 Å². The molecule has 2 N–H and O–H groups in total. The SMILES string of the molecule is NS(=O)(=O)C1CC(=O)N(c2ccc(Br)c(C(F)(F)F)c2)C1. The molecule has 116 valence electrons. The van der Waals surface area contributed by atoms with Gasteiger partial charge in [0, 0.05) is 23.1 Å². The zero-order valence-electron chi connectivity index (χ0n) is 10.4. The zero-order chi connectivity index (χ0) is 16.0. The van der Waals surface area contributed by atoms with Gasteiger partial charge in [0.1, 0.15) is 5.25 Å². The first-order chi connectivity index (χ1) is 9.50. The van der Waals surface area contributed by atoms with Gasteiger partial charge in [-0.25, -0.2) is 13.6 Å². The molecular weight excluding hydrogens is 377 g/mol. The Morgan fingerprint density at radius 2 is 1.95 bits per heavy atom. The normalized spacial score (nSPS) is 20.1. The number of hydrogen-bond acceptors (Lipinski definition) is 3. The van der Waals surface area contributed by atoms with Gasteiger partial charge in [-0.05, 0) is 18.2 Å². The molecule has 10 heteroatoms. The summed E-state index contributed by atoms with van der Waals surface area (Å²) in [6.45, 7) is -0.253. The van der Waals surface area contributed by atoms with E-state index in [2.05, 4.69) is 15.9 Å². The number of carbonyl (C=O) groups is 1. The van der Waals surface area contributed by atoms with E-state index >= 15 is 0 Å². The quantitative estimate of drug-likeness (QED) is 0.842. The van der Waals surface area contributed by atoms with Crippen molar-refractivity contribution >= 4 is 37.5 Å². The van der Waals surface area contributed by atoms with Crippen molar-refractivity contribution in [3.05, 3.63) is 28.2 Å². The number of amides is 1. The molecule has 2 rings (SSSR count). The van der Waals surface area contributed by atoms with Crippen LogP contribution in [-0.2, 0) is 21.0 Å². The fourth-order valence-electron chi connectivity index (χ4n) is 2.04. The molecule has 1 heterocycles. The Labute approximate surface area is 127 Å². The molecule has 0 aromatic heterocycles. The molecule has 0 aliphatic carbocycles. The van der Waals surface area contributed by atoms with E-state index in [-0.39, 0.29) is 23.1 Å². The van der Waals surface area contributed by atoms with Gasteiger partial charge in [-0.3, -0.25) is 4.79 Å². The molecule has 1 aromatic carbocycles. The predicted molar refractivity (Wildman–Crippen MR) is 73.0 cm³/mol. The second kappa shape index (κ2) is 5.25. The van der Waals surface area contributed by atoms with E-state index < -0.39 is 32.9 Å². The second-order valence-electron chi connectivity index (χ2n) is 4.58. The third-order valence-electron chi connectivity index (χ3n) is 3.12. The van der Waals surface area contributed by atoms with Gasteiger partial charge in [0.25, 0.3) is 0 Å². The molecule has 0 saturated carbocycles. The first-order valence-corrected chi connectivity index (χ1v) is 8.09. The number of nitrogens with zero attached hydrogens (tertiary/aromatic N) is 1. The number of alkyl halides is 3. The van der Waals surface area contributed by atoms with Crippen molar-refractivity contribution < 1.29 is 26.4 Å². The average molecular weight is 387 g/mol. The second-order valence-corrected chi connectivity index (χ2v) is 7.28. The summed E-state index contributed by atoms with van der Waals surface area (Å²) in [5.74, 6) is -0.579. The predicted octanol–water partition coefficient (Wildman–Crippen LogP) is 1.86. The van der Waals surface area contributed by atoms with Gasteiger partial charge in [-0.2, -0.15) is 13.2 Å². The minimum absolute atomic E-state index is 0.0123. The molecule has 1 aliphatic rings. The van der Waals surface area contributed by atoms with Crippen molar-refractivity contribution in [1.82, 2.24) is 0 Å². The van der Waals surface area contributed by atoms with Gasteiger partial charge in [0.2, 0.25) is 15.9 Å². The van der Waals surface area contributed by atoms with Crippen LogP contribution in [0.15, 0.2) is 22.7 Å². The fraction of sp³-hybridized carbons (Fsp3) is 0.364. The number of halogens is 4. The summed E-state index contributed by atoms with van der Waals surface area (Å²) in [6, 6.07) is 3.27. The Balaban J connectivity index is 2.38. The molecule has 0 spiro atoms. The average Bonchev–Trinajstić information content (AvgIpc) is 2.70. The van der Waals surface area contributed by atoms with Gasteiger partial charge in [0.15, 0.2) is 0 Å². The Hall–Kier alpha value is -1.13. The molecule has 1 atom stereocenters. The third-order valence-corrected chi connectivity index (χ3v) is 5.06. The van der Waals surface area contributed by atoms with Crippen LogP contribution in [0.3, 0.4) is 0 Å². The summed E-state index contributed by atoms with van der Waals surface area (Å²) in [4.78, 5) is 12.8. The van der Waals surface area contributed by atoms with Crippen molar-refractivity contribution in [3.63, 3.8) is 0 Å². The van der Waals surface area contributed by atoms with E-state index in [1.165, 1.54) is 6.07 Å². The van der Waals surface area contributed by atoms with Gasteiger partial charge in [0.05, 0.1) is 5.56 Å². The number of benzene rings is 1. The first kappa shape index (κ1) is 16.2. The van der Waals surface area contributed by atoms with E-state index in [1.807, 2.05) is 0 Å². The van der Waals surface area contributed by atoms with E-state index in [9.17, 15) is 26.4 Å².